The van der Waals surface area contributed by atoms with Crippen molar-refractivity contribution in [3.8, 4) is 0 Å². The number of rotatable bonds is 3. The van der Waals surface area contributed by atoms with Gasteiger partial charge in [-0.1, -0.05) is 5.16 Å². The third-order valence-electron chi connectivity index (χ3n) is 1.26. The van der Waals surface area contributed by atoms with Gasteiger partial charge in [0.1, 0.15) is 0 Å². The molecule has 0 bridgehead atoms. The van der Waals surface area contributed by atoms with Crippen molar-refractivity contribution in [2.24, 2.45) is 0 Å². The van der Waals surface area contributed by atoms with E-state index in [2.05, 4.69) is 10.1 Å². The summed E-state index contributed by atoms with van der Waals surface area (Å²) < 4.78 is 4.74. The van der Waals surface area contributed by atoms with E-state index in [4.69, 9.17) is 9.73 Å². The van der Waals surface area contributed by atoms with Gasteiger partial charge in [-0.05, 0) is 6.92 Å². The zero-order chi connectivity index (χ0) is 8.97. The van der Waals surface area contributed by atoms with Gasteiger partial charge >= 0.3 is 0 Å². The largest absolute Gasteiger partial charge is 0.339 e. The standard InChI is InChI=1S/C6H9N3O3/c1-4-7-6(12-9-4)3-2-5(10)8-11/h11H,2-3H2,1H3,(H,8,10). The van der Waals surface area contributed by atoms with Crippen LogP contribution in [-0.4, -0.2) is 21.3 Å². The van der Waals surface area contributed by atoms with E-state index in [0.29, 0.717) is 18.1 Å². The van der Waals surface area contributed by atoms with Crippen LogP contribution in [0.4, 0.5) is 0 Å². The van der Waals surface area contributed by atoms with Gasteiger partial charge in [-0.3, -0.25) is 10.0 Å². The Balaban J connectivity index is 2.38. The van der Waals surface area contributed by atoms with E-state index in [1.165, 1.54) is 5.48 Å². The Kier molecular flexibility index (Phi) is 2.76. The molecular formula is C6H9N3O3. The van der Waals surface area contributed by atoms with Crippen LogP contribution in [0.2, 0.25) is 0 Å². The van der Waals surface area contributed by atoms with Crippen molar-refractivity contribution >= 4 is 5.91 Å². The molecule has 0 radical (unpaired) electrons. The molecule has 0 aliphatic carbocycles. The molecule has 1 rings (SSSR count). The Hall–Kier alpha value is -1.43. The Bertz CT molecular complexity index is 271. The quantitative estimate of drug-likeness (QED) is 0.486. The average Bonchev–Trinajstić information content (AvgIpc) is 2.47. The number of nitrogens with zero attached hydrogens (tertiary/aromatic N) is 2. The van der Waals surface area contributed by atoms with Gasteiger partial charge in [0.05, 0.1) is 0 Å². The van der Waals surface area contributed by atoms with Gasteiger partial charge in [-0.2, -0.15) is 4.98 Å². The fraction of sp³-hybridized carbons (Fsp3) is 0.500. The predicted octanol–water partition coefficient (Wildman–Crippen LogP) is -0.184. The molecule has 6 heteroatoms. The molecule has 0 atom stereocenters. The Morgan fingerprint density at radius 3 is 3.00 bits per heavy atom. The highest BCUT2D eigenvalue weighted by atomic mass is 16.5. The maximum Gasteiger partial charge on any atom is 0.243 e. The number of aromatic nitrogens is 2. The molecule has 1 heterocycles. The van der Waals surface area contributed by atoms with Crippen LogP contribution in [0.5, 0.6) is 0 Å². The summed E-state index contributed by atoms with van der Waals surface area (Å²) in [5.74, 6) is 0.469. The molecule has 0 aliphatic heterocycles. The molecule has 0 aromatic carbocycles. The number of aryl methyl sites for hydroxylation is 2. The molecule has 1 aromatic rings. The van der Waals surface area contributed by atoms with Crippen LogP contribution in [0.3, 0.4) is 0 Å². The van der Waals surface area contributed by atoms with E-state index < -0.39 is 5.91 Å². The first-order valence-electron chi connectivity index (χ1n) is 3.44. The Labute approximate surface area is 68.5 Å². The first kappa shape index (κ1) is 8.66. The van der Waals surface area contributed by atoms with Gasteiger partial charge in [0.2, 0.25) is 11.8 Å². The zero-order valence-corrected chi connectivity index (χ0v) is 6.57. The van der Waals surface area contributed by atoms with Crippen molar-refractivity contribution < 1.29 is 14.5 Å². The van der Waals surface area contributed by atoms with Crippen molar-refractivity contribution in [2.75, 3.05) is 0 Å². The van der Waals surface area contributed by atoms with E-state index in [1.807, 2.05) is 0 Å². The summed E-state index contributed by atoms with van der Waals surface area (Å²) in [5, 5.41) is 11.7. The third kappa shape index (κ3) is 2.31. The minimum atomic E-state index is -0.467. The van der Waals surface area contributed by atoms with E-state index in [1.54, 1.807) is 6.92 Å². The highest BCUT2D eigenvalue weighted by Gasteiger charge is 2.05. The first-order valence-corrected chi connectivity index (χ1v) is 3.44. The molecule has 1 amide bonds. The SMILES string of the molecule is Cc1noc(CCC(=O)NO)n1. The van der Waals surface area contributed by atoms with Crippen LogP contribution in [0.15, 0.2) is 4.52 Å². The maximum atomic E-state index is 10.5. The van der Waals surface area contributed by atoms with E-state index in [9.17, 15) is 4.79 Å². The summed E-state index contributed by atoms with van der Waals surface area (Å²) in [7, 11) is 0. The van der Waals surface area contributed by atoms with E-state index >= 15 is 0 Å². The number of carbonyl (C=O) groups is 1. The van der Waals surface area contributed by atoms with Crippen LogP contribution in [-0.2, 0) is 11.2 Å². The van der Waals surface area contributed by atoms with Crippen LogP contribution in [0.1, 0.15) is 18.1 Å². The van der Waals surface area contributed by atoms with Crippen LogP contribution in [0.25, 0.3) is 0 Å². The second-order valence-electron chi connectivity index (χ2n) is 2.27. The number of nitrogens with one attached hydrogen (secondary N) is 1. The van der Waals surface area contributed by atoms with Crippen LogP contribution >= 0.6 is 0 Å². The highest BCUT2D eigenvalue weighted by molar-refractivity contribution is 5.74. The van der Waals surface area contributed by atoms with Gasteiger partial charge in [0.15, 0.2) is 5.82 Å². The molecule has 0 saturated carbocycles. The van der Waals surface area contributed by atoms with Crippen molar-refractivity contribution in [1.29, 1.82) is 0 Å². The summed E-state index contributed by atoms with van der Waals surface area (Å²) in [4.78, 5) is 14.4. The number of hydrogen-bond acceptors (Lipinski definition) is 5. The van der Waals surface area contributed by atoms with Crippen molar-refractivity contribution in [2.45, 2.75) is 19.8 Å². The maximum absolute atomic E-state index is 10.5. The zero-order valence-electron chi connectivity index (χ0n) is 6.57. The molecule has 0 saturated heterocycles. The summed E-state index contributed by atoms with van der Waals surface area (Å²) >= 11 is 0. The summed E-state index contributed by atoms with van der Waals surface area (Å²) in [6, 6.07) is 0. The predicted molar refractivity (Wildman–Crippen MR) is 37.3 cm³/mol. The van der Waals surface area contributed by atoms with Gasteiger partial charge in [0, 0.05) is 12.8 Å². The number of amides is 1. The lowest BCUT2D eigenvalue weighted by atomic mass is 10.3. The fourth-order valence-electron chi connectivity index (χ4n) is 0.718. The van der Waals surface area contributed by atoms with Crippen LogP contribution < -0.4 is 5.48 Å². The number of hydroxylamine groups is 1. The van der Waals surface area contributed by atoms with Gasteiger partial charge < -0.3 is 4.52 Å². The lowest BCUT2D eigenvalue weighted by molar-refractivity contribution is -0.129. The number of hydrogen-bond donors (Lipinski definition) is 2. The van der Waals surface area contributed by atoms with Crippen molar-refractivity contribution in [3.63, 3.8) is 0 Å². The molecule has 6 nitrogen and oxygen atoms in total. The molecule has 2 N–H and O–H groups in total. The molecule has 66 valence electrons. The second-order valence-corrected chi connectivity index (χ2v) is 2.27. The highest BCUT2D eigenvalue weighted by Crippen LogP contribution is 1.99. The molecule has 1 aromatic heterocycles. The molecular weight excluding hydrogens is 162 g/mol. The van der Waals surface area contributed by atoms with E-state index in [-0.39, 0.29) is 6.42 Å². The van der Waals surface area contributed by atoms with Gasteiger partial charge in [-0.15, -0.1) is 0 Å². The molecule has 0 spiro atoms. The second kappa shape index (κ2) is 3.82. The molecule has 0 fully saturated rings. The summed E-state index contributed by atoms with van der Waals surface area (Å²) in [6.07, 6.45) is 0.478. The number of carbonyl (C=O) groups excluding carboxylic acids is 1. The van der Waals surface area contributed by atoms with Gasteiger partial charge in [0.25, 0.3) is 0 Å². The minimum absolute atomic E-state index is 0.137. The van der Waals surface area contributed by atoms with Crippen LogP contribution in [0, 0.1) is 6.92 Å². The van der Waals surface area contributed by atoms with Gasteiger partial charge in [-0.25, -0.2) is 5.48 Å². The van der Waals surface area contributed by atoms with Crippen molar-refractivity contribution in [3.05, 3.63) is 11.7 Å². The minimum Gasteiger partial charge on any atom is -0.339 e. The first-order chi connectivity index (χ1) is 5.72. The molecule has 0 aliphatic rings. The monoisotopic (exact) mass is 171 g/mol. The summed E-state index contributed by atoms with van der Waals surface area (Å²) in [5.41, 5.74) is 1.51. The van der Waals surface area contributed by atoms with Crippen molar-refractivity contribution in [1.82, 2.24) is 15.6 Å². The topological polar surface area (TPSA) is 88.2 Å². The molecule has 12 heavy (non-hydrogen) atoms. The Morgan fingerprint density at radius 2 is 2.50 bits per heavy atom. The summed E-state index contributed by atoms with van der Waals surface area (Å²) in [6.45, 7) is 1.69. The average molecular weight is 171 g/mol. The lowest BCUT2D eigenvalue weighted by Gasteiger charge is -1.92. The molecule has 0 unspecified atom stereocenters. The Morgan fingerprint density at radius 1 is 1.75 bits per heavy atom. The third-order valence-corrected chi connectivity index (χ3v) is 1.26. The fourth-order valence-corrected chi connectivity index (χ4v) is 0.718. The lowest BCUT2D eigenvalue weighted by Crippen LogP contribution is -2.18. The smallest absolute Gasteiger partial charge is 0.243 e. The normalized spacial score (nSPS) is 9.83. The van der Waals surface area contributed by atoms with E-state index in [0.717, 1.165) is 0 Å².